The Balaban J connectivity index is 2.02. The van der Waals surface area contributed by atoms with Crippen LogP contribution in [0.4, 0.5) is 0 Å². The van der Waals surface area contributed by atoms with Crippen LogP contribution in [0, 0.1) is 0 Å². The molecule has 1 heterocycles. The Labute approximate surface area is 129 Å². The van der Waals surface area contributed by atoms with E-state index in [-0.39, 0.29) is 18.3 Å². The second-order valence-electron chi connectivity index (χ2n) is 6.74. The molecule has 1 aliphatic rings. The highest BCUT2D eigenvalue weighted by atomic mass is 16.7. The quantitative estimate of drug-likeness (QED) is 0.594. The van der Waals surface area contributed by atoms with Crippen molar-refractivity contribution in [1.82, 2.24) is 0 Å². The van der Waals surface area contributed by atoms with Crippen molar-refractivity contribution in [3.8, 4) is 0 Å². The molecule has 0 N–H and O–H groups in total. The molecule has 2 rings (SSSR count). The first kappa shape index (κ1) is 16.5. The van der Waals surface area contributed by atoms with E-state index in [2.05, 4.69) is 52.8 Å². The fourth-order valence-electron chi connectivity index (χ4n) is 2.25. The zero-order chi connectivity index (χ0) is 15.5. The third-order valence-corrected chi connectivity index (χ3v) is 4.39. The third-order valence-electron chi connectivity index (χ3n) is 4.39. The zero-order valence-electron chi connectivity index (χ0n) is 13.9. The minimum Gasteiger partial charge on any atom is -0.399 e. The van der Waals surface area contributed by atoms with E-state index in [1.54, 1.807) is 0 Å². The summed E-state index contributed by atoms with van der Waals surface area (Å²) in [5.41, 5.74) is 1.62. The van der Waals surface area contributed by atoms with Crippen LogP contribution in [-0.4, -0.2) is 24.9 Å². The summed E-state index contributed by atoms with van der Waals surface area (Å²) in [6.07, 6.45) is 2.27. The fraction of sp³-hybridized carbons (Fsp3) is 0.647. The summed E-state index contributed by atoms with van der Waals surface area (Å²) in [7, 11) is -0.300. The first-order valence-corrected chi connectivity index (χ1v) is 7.88. The summed E-state index contributed by atoms with van der Waals surface area (Å²) in [6, 6.07) is 8.30. The van der Waals surface area contributed by atoms with Gasteiger partial charge in [-0.1, -0.05) is 37.6 Å². The zero-order valence-corrected chi connectivity index (χ0v) is 13.9. The average molecular weight is 290 g/mol. The number of hydrogen-bond acceptors (Lipinski definition) is 3. The predicted molar refractivity (Wildman–Crippen MR) is 86.7 cm³/mol. The molecule has 116 valence electrons. The number of ether oxygens (including phenoxy) is 1. The van der Waals surface area contributed by atoms with Gasteiger partial charge in [0.15, 0.2) is 0 Å². The van der Waals surface area contributed by atoms with E-state index in [1.807, 2.05) is 6.07 Å². The molecule has 0 aliphatic carbocycles. The van der Waals surface area contributed by atoms with E-state index in [0.717, 1.165) is 24.9 Å². The number of benzene rings is 1. The predicted octanol–water partition coefficient (Wildman–Crippen LogP) is 3.30. The van der Waals surface area contributed by atoms with Crippen LogP contribution in [0.5, 0.6) is 0 Å². The van der Waals surface area contributed by atoms with Gasteiger partial charge >= 0.3 is 7.12 Å². The van der Waals surface area contributed by atoms with Crippen molar-refractivity contribution in [2.45, 2.75) is 65.3 Å². The van der Waals surface area contributed by atoms with Crippen LogP contribution in [0.2, 0.25) is 0 Å². The summed E-state index contributed by atoms with van der Waals surface area (Å²) in [6.45, 7) is 11.9. The van der Waals surface area contributed by atoms with Crippen LogP contribution in [0.15, 0.2) is 24.3 Å². The van der Waals surface area contributed by atoms with Crippen LogP contribution in [-0.2, 0) is 20.7 Å². The van der Waals surface area contributed by atoms with Crippen molar-refractivity contribution in [2.24, 2.45) is 0 Å². The van der Waals surface area contributed by atoms with Crippen LogP contribution < -0.4 is 5.46 Å². The van der Waals surface area contributed by atoms with Gasteiger partial charge in [0.25, 0.3) is 0 Å². The first-order chi connectivity index (χ1) is 9.86. The van der Waals surface area contributed by atoms with E-state index in [4.69, 9.17) is 14.0 Å². The molecular weight excluding hydrogens is 263 g/mol. The normalized spacial score (nSPS) is 20.0. The molecule has 0 bridgehead atoms. The Morgan fingerprint density at radius 3 is 2.38 bits per heavy atom. The Morgan fingerprint density at radius 2 is 1.76 bits per heavy atom. The minimum absolute atomic E-state index is 0.300. The van der Waals surface area contributed by atoms with Crippen LogP contribution in [0.3, 0.4) is 0 Å². The second-order valence-corrected chi connectivity index (χ2v) is 6.74. The van der Waals surface area contributed by atoms with Crippen LogP contribution in [0.1, 0.15) is 53.0 Å². The largest absolute Gasteiger partial charge is 0.494 e. The minimum atomic E-state index is -0.300. The highest BCUT2D eigenvalue weighted by Gasteiger charge is 2.51. The summed E-state index contributed by atoms with van der Waals surface area (Å²) >= 11 is 0. The van der Waals surface area contributed by atoms with Crippen molar-refractivity contribution in [3.05, 3.63) is 29.8 Å². The monoisotopic (exact) mass is 290 g/mol. The fourth-order valence-corrected chi connectivity index (χ4v) is 2.25. The summed E-state index contributed by atoms with van der Waals surface area (Å²) in [4.78, 5) is 0. The molecular formula is C17H27BO3. The number of unbranched alkanes of at least 4 members (excludes halogenated alkanes) is 1. The smallest absolute Gasteiger partial charge is 0.399 e. The van der Waals surface area contributed by atoms with Crippen molar-refractivity contribution >= 4 is 12.6 Å². The Kier molecular flexibility index (Phi) is 5.13. The Bertz CT molecular complexity index is 455. The van der Waals surface area contributed by atoms with E-state index in [1.165, 1.54) is 5.56 Å². The van der Waals surface area contributed by atoms with Crippen LogP contribution in [0.25, 0.3) is 0 Å². The number of rotatable bonds is 6. The molecule has 1 aromatic rings. The summed E-state index contributed by atoms with van der Waals surface area (Å²) in [5, 5.41) is 0. The molecule has 3 nitrogen and oxygen atoms in total. The molecule has 0 unspecified atom stereocenters. The SMILES string of the molecule is CCCCOCc1cccc(B2OC(C)(C)C(C)(C)O2)c1. The van der Waals surface area contributed by atoms with Gasteiger partial charge in [0.05, 0.1) is 17.8 Å². The molecule has 0 amide bonds. The van der Waals surface area contributed by atoms with E-state index in [0.29, 0.717) is 6.61 Å². The van der Waals surface area contributed by atoms with Crippen molar-refractivity contribution < 1.29 is 14.0 Å². The van der Waals surface area contributed by atoms with Gasteiger partial charge in [-0.05, 0) is 45.1 Å². The average Bonchev–Trinajstić information content (AvgIpc) is 2.64. The maximum atomic E-state index is 6.09. The van der Waals surface area contributed by atoms with E-state index >= 15 is 0 Å². The molecule has 21 heavy (non-hydrogen) atoms. The van der Waals surface area contributed by atoms with Crippen molar-refractivity contribution in [1.29, 1.82) is 0 Å². The van der Waals surface area contributed by atoms with Gasteiger partial charge < -0.3 is 14.0 Å². The van der Waals surface area contributed by atoms with Crippen molar-refractivity contribution in [2.75, 3.05) is 6.61 Å². The lowest BCUT2D eigenvalue weighted by Crippen LogP contribution is -2.41. The van der Waals surface area contributed by atoms with Gasteiger partial charge in [0.1, 0.15) is 0 Å². The Morgan fingerprint density at radius 1 is 1.10 bits per heavy atom. The van der Waals surface area contributed by atoms with Gasteiger partial charge in [-0.15, -0.1) is 0 Å². The van der Waals surface area contributed by atoms with Gasteiger partial charge in [-0.25, -0.2) is 0 Å². The molecule has 0 radical (unpaired) electrons. The topological polar surface area (TPSA) is 27.7 Å². The maximum absolute atomic E-state index is 6.09. The van der Waals surface area contributed by atoms with Gasteiger partial charge in [-0.2, -0.15) is 0 Å². The van der Waals surface area contributed by atoms with Gasteiger partial charge in [0, 0.05) is 6.61 Å². The molecule has 0 aromatic heterocycles. The second kappa shape index (κ2) is 6.51. The molecule has 4 heteroatoms. The lowest BCUT2D eigenvalue weighted by atomic mass is 9.78. The third kappa shape index (κ3) is 3.88. The highest BCUT2D eigenvalue weighted by Crippen LogP contribution is 2.36. The summed E-state index contributed by atoms with van der Waals surface area (Å²) in [5.74, 6) is 0. The molecule has 1 fully saturated rings. The lowest BCUT2D eigenvalue weighted by molar-refractivity contribution is 0.00578. The van der Waals surface area contributed by atoms with Crippen LogP contribution >= 0.6 is 0 Å². The molecule has 0 atom stereocenters. The first-order valence-electron chi connectivity index (χ1n) is 7.88. The number of hydrogen-bond donors (Lipinski definition) is 0. The maximum Gasteiger partial charge on any atom is 0.494 e. The van der Waals surface area contributed by atoms with Gasteiger partial charge in [0.2, 0.25) is 0 Å². The Hall–Kier alpha value is -0.835. The van der Waals surface area contributed by atoms with E-state index < -0.39 is 0 Å². The highest BCUT2D eigenvalue weighted by molar-refractivity contribution is 6.62. The molecule has 0 saturated carbocycles. The molecule has 1 saturated heterocycles. The summed E-state index contributed by atoms with van der Waals surface area (Å²) < 4.78 is 17.8. The molecule has 1 aromatic carbocycles. The lowest BCUT2D eigenvalue weighted by Gasteiger charge is -2.32. The molecule has 1 aliphatic heterocycles. The standard InChI is InChI=1S/C17H27BO3/c1-6-7-11-19-13-14-9-8-10-15(12-14)18-20-16(2,3)17(4,5)21-18/h8-10,12H,6-7,11,13H2,1-5H3. The van der Waals surface area contributed by atoms with E-state index in [9.17, 15) is 0 Å². The van der Waals surface area contributed by atoms with Crippen molar-refractivity contribution in [3.63, 3.8) is 0 Å². The molecule has 0 spiro atoms. The van der Waals surface area contributed by atoms with Gasteiger partial charge in [-0.3, -0.25) is 0 Å².